The molecule has 3 heterocycles. The quantitative estimate of drug-likeness (QED) is 0.947. The molecular formula is C19H25N3O. The maximum absolute atomic E-state index is 5.64. The van der Waals surface area contributed by atoms with Gasteiger partial charge in [0.25, 0.3) is 0 Å². The molecule has 1 atom stereocenters. The third-order valence-corrected chi connectivity index (χ3v) is 5.13. The van der Waals surface area contributed by atoms with Crippen molar-refractivity contribution >= 4 is 0 Å². The largest absolute Gasteiger partial charge is 0.381 e. The van der Waals surface area contributed by atoms with Crippen LogP contribution in [0.15, 0.2) is 30.3 Å². The van der Waals surface area contributed by atoms with Gasteiger partial charge in [-0.2, -0.15) is 5.10 Å². The molecule has 2 aliphatic heterocycles. The summed E-state index contributed by atoms with van der Waals surface area (Å²) in [6.07, 6.45) is 4.70. The van der Waals surface area contributed by atoms with Crippen molar-refractivity contribution in [3.63, 3.8) is 0 Å². The van der Waals surface area contributed by atoms with E-state index < -0.39 is 0 Å². The molecule has 4 heteroatoms. The number of benzene rings is 1. The topological polar surface area (TPSA) is 41.2 Å². The van der Waals surface area contributed by atoms with E-state index in [-0.39, 0.29) is 0 Å². The minimum absolute atomic E-state index is 0.715. The number of H-pyrrole nitrogens is 1. The first-order chi connectivity index (χ1) is 11.4. The maximum Gasteiger partial charge on any atom is 0.0955 e. The van der Waals surface area contributed by atoms with Crippen LogP contribution in [0.1, 0.15) is 24.1 Å². The lowest BCUT2D eigenvalue weighted by atomic mass is 10.0. The van der Waals surface area contributed by atoms with Crippen LogP contribution in [0.2, 0.25) is 0 Å². The van der Waals surface area contributed by atoms with Crippen molar-refractivity contribution in [1.82, 2.24) is 15.1 Å². The Bertz CT molecular complexity index is 631. The first-order valence-electron chi connectivity index (χ1n) is 8.82. The van der Waals surface area contributed by atoms with Gasteiger partial charge in [0, 0.05) is 49.5 Å². The summed E-state index contributed by atoms with van der Waals surface area (Å²) < 4.78 is 5.64. The van der Waals surface area contributed by atoms with E-state index in [4.69, 9.17) is 4.74 Å². The monoisotopic (exact) mass is 311 g/mol. The second-order valence-electron chi connectivity index (χ2n) is 6.78. The van der Waals surface area contributed by atoms with Crippen molar-refractivity contribution < 1.29 is 4.74 Å². The summed E-state index contributed by atoms with van der Waals surface area (Å²) in [7, 11) is 0. The van der Waals surface area contributed by atoms with Crippen LogP contribution in [0.5, 0.6) is 0 Å². The number of ether oxygens (including phenoxy) is 1. The molecule has 0 bridgehead atoms. The summed E-state index contributed by atoms with van der Waals surface area (Å²) in [5.41, 5.74) is 5.10. The number of hydrogen-bond acceptors (Lipinski definition) is 3. The van der Waals surface area contributed by atoms with E-state index in [1.807, 2.05) is 0 Å². The maximum atomic E-state index is 5.64. The van der Waals surface area contributed by atoms with Crippen molar-refractivity contribution in [2.24, 2.45) is 5.92 Å². The fourth-order valence-electron chi connectivity index (χ4n) is 3.86. The van der Waals surface area contributed by atoms with Crippen molar-refractivity contribution in [3.05, 3.63) is 41.6 Å². The summed E-state index contributed by atoms with van der Waals surface area (Å²) >= 11 is 0. The molecule has 0 spiro atoms. The van der Waals surface area contributed by atoms with Gasteiger partial charge < -0.3 is 9.64 Å². The first kappa shape index (κ1) is 14.9. The van der Waals surface area contributed by atoms with Gasteiger partial charge in [-0.3, -0.25) is 5.10 Å². The predicted octanol–water partition coefficient (Wildman–Crippen LogP) is 2.90. The van der Waals surface area contributed by atoms with Gasteiger partial charge in [-0.25, -0.2) is 0 Å². The molecule has 0 aliphatic carbocycles. The van der Waals surface area contributed by atoms with Crippen molar-refractivity contribution in [3.8, 4) is 11.3 Å². The molecule has 2 aromatic rings. The third-order valence-electron chi connectivity index (χ3n) is 5.13. The Kier molecular flexibility index (Phi) is 4.44. The Morgan fingerprint density at radius 2 is 2.04 bits per heavy atom. The molecule has 0 amide bonds. The summed E-state index contributed by atoms with van der Waals surface area (Å²) in [5.74, 6) is 0.715. The van der Waals surface area contributed by atoms with Crippen molar-refractivity contribution in [2.75, 3.05) is 32.8 Å². The lowest BCUT2D eigenvalue weighted by Crippen LogP contribution is -2.35. The molecule has 1 unspecified atom stereocenters. The van der Waals surface area contributed by atoms with Crippen LogP contribution in [-0.4, -0.2) is 47.9 Å². The lowest BCUT2D eigenvalue weighted by molar-refractivity contribution is 0.0391. The SMILES string of the molecule is c1ccc(-c2n[nH]c3c2CCN(CC2CCCOC2)CC3)cc1. The van der Waals surface area contributed by atoms with E-state index in [9.17, 15) is 0 Å². The zero-order chi connectivity index (χ0) is 15.5. The number of nitrogens with one attached hydrogen (secondary N) is 1. The van der Waals surface area contributed by atoms with E-state index in [1.54, 1.807) is 0 Å². The highest BCUT2D eigenvalue weighted by molar-refractivity contribution is 5.64. The van der Waals surface area contributed by atoms with E-state index in [0.717, 1.165) is 44.8 Å². The second kappa shape index (κ2) is 6.85. The average Bonchev–Trinajstić information content (AvgIpc) is 2.92. The number of hydrogen-bond donors (Lipinski definition) is 1. The van der Waals surface area contributed by atoms with Crippen LogP contribution in [0.4, 0.5) is 0 Å². The Hall–Kier alpha value is -1.65. The fraction of sp³-hybridized carbons (Fsp3) is 0.526. The van der Waals surface area contributed by atoms with Crippen LogP contribution in [0.25, 0.3) is 11.3 Å². The Morgan fingerprint density at radius 1 is 1.17 bits per heavy atom. The Morgan fingerprint density at radius 3 is 2.87 bits per heavy atom. The predicted molar refractivity (Wildman–Crippen MR) is 91.4 cm³/mol. The van der Waals surface area contributed by atoms with Gasteiger partial charge in [0.1, 0.15) is 0 Å². The Balaban J connectivity index is 1.46. The molecular weight excluding hydrogens is 286 g/mol. The van der Waals surface area contributed by atoms with Gasteiger partial charge >= 0.3 is 0 Å². The summed E-state index contributed by atoms with van der Waals surface area (Å²) in [4.78, 5) is 2.61. The van der Waals surface area contributed by atoms with Crippen LogP contribution in [-0.2, 0) is 17.6 Å². The van der Waals surface area contributed by atoms with Gasteiger partial charge in [0.2, 0.25) is 0 Å². The van der Waals surface area contributed by atoms with Gasteiger partial charge in [-0.1, -0.05) is 30.3 Å². The number of nitrogens with zero attached hydrogens (tertiary/aromatic N) is 2. The van der Waals surface area contributed by atoms with Crippen LogP contribution >= 0.6 is 0 Å². The van der Waals surface area contributed by atoms with E-state index in [1.165, 1.54) is 36.2 Å². The third kappa shape index (κ3) is 3.33. The van der Waals surface area contributed by atoms with Crippen molar-refractivity contribution in [1.29, 1.82) is 0 Å². The molecule has 0 saturated carbocycles. The molecule has 4 rings (SSSR count). The van der Waals surface area contributed by atoms with Gasteiger partial charge in [0.15, 0.2) is 0 Å². The van der Waals surface area contributed by atoms with Gasteiger partial charge in [0.05, 0.1) is 12.3 Å². The minimum atomic E-state index is 0.715. The molecule has 1 aromatic heterocycles. The number of aromatic amines is 1. The van der Waals surface area contributed by atoms with E-state index in [0.29, 0.717) is 5.92 Å². The van der Waals surface area contributed by atoms with Crippen LogP contribution < -0.4 is 0 Å². The fourth-order valence-corrected chi connectivity index (χ4v) is 3.86. The van der Waals surface area contributed by atoms with Crippen molar-refractivity contribution in [2.45, 2.75) is 25.7 Å². The van der Waals surface area contributed by atoms with Crippen LogP contribution in [0, 0.1) is 5.92 Å². The summed E-state index contributed by atoms with van der Waals surface area (Å²) in [5, 5.41) is 7.87. The standard InChI is InChI=1S/C19H25N3O/c1-2-6-16(7-3-1)19-17-8-10-22(11-9-18(17)20-21-19)13-15-5-4-12-23-14-15/h1-3,6-7,15H,4-5,8-14H2,(H,20,21). The van der Waals surface area contributed by atoms with Gasteiger partial charge in [-0.15, -0.1) is 0 Å². The molecule has 0 radical (unpaired) electrons. The number of rotatable bonds is 3. The molecule has 1 saturated heterocycles. The number of aromatic nitrogens is 2. The average molecular weight is 311 g/mol. The summed E-state index contributed by atoms with van der Waals surface area (Å²) in [6.45, 7) is 5.33. The first-order valence-corrected chi connectivity index (χ1v) is 8.82. The zero-order valence-electron chi connectivity index (χ0n) is 13.6. The highest BCUT2D eigenvalue weighted by Crippen LogP contribution is 2.27. The molecule has 2 aliphatic rings. The normalized spacial score (nSPS) is 22.5. The van der Waals surface area contributed by atoms with E-state index in [2.05, 4.69) is 45.4 Å². The van der Waals surface area contributed by atoms with E-state index >= 15 is 0 Å². The van der Waals surface area contributed by atoms with Crippen LogP contribution in [0.3, 0.4) is 0 Å². The van der Waals surface area contributed by atoms with Gasteiger partial charge in [-0.05, 0) is 25.2 Å². The summed E-state index contributed by atoms with van der Waals surface area (Å²) in [6, 6.07) is 10.5. The molecule has 1 N–H and O–H groups in total. The minimum Gasteiger partial charge on any atom is -0.381 e. The highest BCUT2D eigenvalue weighted by Gasteiger charge is 2.23. The lowest BCUT2D eigenvalue weighted by Gasteiger charge is -2.28. The smallest absolute Gasteiger partial charge is 0.0955 e. The molecule has 23 heavy (non-hydrogen) atoms. The highest BCUT2D eigenvalue weighted by atomic mass is 16.5. The molecule has 4 nitrogen and oxygen atoms in total. The zero-order valence-corrected chi connectivity index (χ0v) is 13.6. The Labute approximate surface area is 137 Å². The molecule has 1 aromatic carbocycles. The molecule has 1 fully saturated rings. The second-order valence-corrected chi connectivity index (χ2v) is 6.78. The number of fused-ring (bicyclic) bond motifs is 1. The molecule has 122 valence electrons.